The second-order valence-corrected chi connectivity index (χ2v) is 24.2. The summed E-state index contributed by atoms with van der Waals surface area (Å²) < 4.78 is 24.1. The van der Waals surface area contributed by atoms with Crippen molar-refractivity contribution in [3.63, 3.8) is 0 Å². The van der Waals surface area contributed by atoms with Gasteiger partial charge in [-0.3, -0.25) is 14.4 Å². The fourth-order valence-corrected chi connectivity index (χ4v) is 14.4. The van der Waals surface area contributed by atoms with Crippen LogP contribution in [0.1, 0.15) is 81.1 Å². The van der Waals surface area contributed by atoms with Gasteiger partial charge in [0.1, 0.15) is 29.8 Å². The zero-order valence-electron chi connectivity index (χ0n) is 38.6. The summed E-state index contributed by atoms with van der Waals surface area (Å²) in [6.45, 7) is 16.2. The molecule has 1 aliphatic carbocycles. The molecule has 8 atom stereocenters. The van der Waals surface area contributed by atoms with E-state index < -0.39 is 91.9 Å². The van der Waals surface area contributed by atoms with Crippen LogP contribution in [-0.4, -0.2) is 145 Å². The zero-order chi connectivity index (χ0) is 46.8. The Hall–Kier alpha value is -4.81. The summed E-state index contributed by atoms with van der Waals surface area (Å²) in [5.74, 6) is -2.04. The highest BCUT2D eigenvalue weighted by Gasteiger charge is 2.70. The van der Waals surface area contributed by atoms with Crippen molar-refractivity contribution < 1.29 is 52.8 Å². The van der Waals surface area contributed by atoms with Gasteiger partial charge < -0.3 is 54.6 Å². The number of likely N-dealkylation sites (tertiary alicyclic amines) is 1. The van der Waals surface area contributed by atoms with Crippen molar-refractivity contribution in [3.05, 3.63) is 72.3 Å². The standard InChI is InChI=1S/C47H67N5O11Si/c1-29(2)24-34(49-40(55)36(60-9)28-61-64(46(6,7)8,32-16-12-10-13-17-32)33-18-14-11-15-19-33)42(57)52-35-25-31(53)26-47(39(35)54)38(50-43(58)62-47)37(52)41(56)48-22-20-30-21-23-51(27-30)44(59)63-45(3,4)5/h10-19,21,29,31,34-39,53-54H,20,22-28H2,1-9H3,(H,48,56)(H,49,55)(H,50,58)/t31-,34-,35?,36-,37-,38+,39?,47+/m1/s1. The van der Waals surface area contributed by atoms with Crippen LogP contribution in [0.15, 0.2) is 72.3 Å². The number of methoxy groups -OCH3 is 1. The molecule has 3 aliphatic heterocycles. The molecule has 2 aromatic carbocycles. The molecule has 350 valence electrons. The molecule has 2 unspecified atom stereocenters. The summed E-state index contributed by atoms with van der Waals surface area (Å²) in [4.78, 5) is 72.5. The molecule has 6 rings (SSSR count). The molecular formula is C47H67N5O11Si. The molecule has 2 saturated heterocycles. The van der Waals surface area contributed by atoms with Crippen LogP contribution >= 0.6 is 0 Å². The van der Waals surface area contributed by atoms with E-state index in [2.05, 4.69) is 36.7 Å². The van der Waals surface area contributed by atoms with Crippen LogP contribution < -0.4 is 26.3 Å². The molecule has 3 fully saturated rings. The lowest BCUT2D eigenvalue weighted by Crippen LogP contribution is -2.80. The van der Waals surface area contributed by atoms with Crippen LogP contribution in [0.3, 0.4) is 0 Å². The van der Waals surface area contributed by atoms with Crippen molar-refractivity contribution in [3.8, 4) is 0 Å². The van der Waals surface area contributed by atoms with Crippen LogP contribution in [0.4, 0.5) is 9.59 Å². The minimum atomic E-state index is -3.10. The number of aliphatic hydroxyl groups excluding tert-OH is 2. The molecular weight excluding hydrogens is 839 g/mol. The zero-order valence-corrected chi connectivity index (χ0v) is 39.6. The second kappa shape index (κ2) is 19.3. The molecule has 64 heavy (non-hydrogen) atoms. The van der Waals surface area contributed by atoms with Gasteiger partial charge in [-0.2, -0.15) is 0 Å². The molecule has 16 nitrogen and oxygen atoms in total. The maximum Gasteiger partial charge on any atom is 0.410 e. The number of nitrogens with one attached hydrogen (secondary N) is 3. The van der Waals surface area contributed by atoms with E-state index in [1.165, 1.54) is 12.0 Å². The van der Waals surface area contributed by atoms with Crippen molar-refractivity contribution in [1.29, 1.82) is 0 Å². The van der Waals surface area contributed by atoms with Gasteiger partial charge in [-0.05, 0) is 61.4 Å². The maximum absolute atomic E-state index is 15.2. The Bertz CT molecular complexity index is 2000. The third-order valence-electron chi connectivity index (χ3n) is 12.7. The van der Waals surface area contributed by atoms with Crippen LogP contribution in [0.5, 0.6) is 0 Å². The fraction of sp³-hybridized carbons (Fsp3) is 0.596. The number of carbonyl (C=O) groups is 5. The average molecular weight is 906 g/mol. The number of hydrogen-bond acceptors (Lipinski definition) is 11. The first-order valence-corrected chi connectivity index (χ1v) is 24.2. The number of alkyl carbamates (subject to hydrolysis) is 1. The third-order valence-corrected chi connectivity index (χ3v) is 17.7. The normalized spacial score (nSPS) is 25.4. The SMILES string of the molecule is CO[C@H](CO[Si](c1ccccc1)(c1ccccc1)C(C)(C)C)C(=O)N[C@H](CC(C)C)C(=O)N1C2C[C@@H](O)C[C@@]3(OC(=O)N[C@H]3[C@@H]1C(=O)NCCC1=CCN(C(=O)OC(C)(C)C)C1)C2O. The number of amides is 5. The highest BCUT2D eigenvalue weighted by Crippen LogP contribution is 2.47. The van der Waals surface area contributed by atoms with Gasteiger partial charge in [0.05, 0.1) is 18.8 Å². The Morgan fingerprint density at radius 1 is 0.984 bits per heavy atom. The molecule has 17 heteroatoms. The van der Waals surface area contributed by atoms with Crippen molar-refractivity contribution >= 4 is 48.6 Å². The molecule has 5 N–H and O–H groups in total. The molecule has 3 heterocycles. The Balaban J connectivity index is 1.25. The third kappa shape index (κ3) is 10.0. The number of fused-ring (bicyclic) bond motifs is 1. The first kappa shape index (κ1) is 48.6. The van der Waals surface area contributed by atoms with E-state index >= 15 is 4.79 Å². The van der Waals surface area contributed by atoms with Crippen LogP contribution in [-0.2, 0) is 33.0 Å². The van der Waals surface area contributed by atoms with E-state index in [1.54, 1.807) is 25.7 Å². The molecule has 1 spiro atoms. The van der Waals surface area contributed by atoms with Gasteiger partial charge >= 0.3 is 12.2 Å². The number of aliphatic hydroxyl groups is 2. The van der Waals surface area contributed by atoms with E-state index in [4.69, 9.17) is 18.6 Å². The number of nitrogens with zero attached hydrogens (tertiary/aromatic N) is 2. The van der Waals surface area contributed by atoms with E-state index in [1.807, 2.05) is 80.6 Å². The van der Waals surface area contributed by atoms with Crippen molar-refractivity contribution in [1.82, 2.24) is 25.8 Å². The number of hydrogen-bond donors (Lipinski definition) is 5. The van der Waals surface area contributed by atoms with Gasteiger partial charge in [0, 0.05) is 33.2 Å². The summed E-state index contributed by atoms with van der Waals surface area (Å²) in [6, 6.07) is 15.0. The molecule has 0 radical (unpaired) electrons. The van der Waals surface area contributed by atoms with E-state index in [-0.39, 0.29) is 43.4 Å². The van der Waals surface area contributed by atoms with Gasteiger partial charge in [-0.15, -0.1) is 0 Å². The number of piperidine rings is 1. The van der Waals surface area contributed by atoms with Crippen LogP contribution in [0, 0.1) is 5.92 Å². The van der Waals surface area contributed by atoms with Gasteiger partial charge in [0.25, 0.3) is 14.2 Å². The van der Waals surface area contributed by atoms with Gasteiger partial charge in [-0.1, -0.05) is 107 Å². The number of ether oxygens (including phenoxy) is 3. The lowest BCUT2D eigenvalue weighted by Gasteiger charge is -2.57. The lowest BCUT2D eigenvalue weighted by molar-refractivity contribution is -0.205. The maximum atomic E-state index is 15.2. The highest BCUT2D eigenvalue weighted by atomic mass is 28.4. The fourth-order valence-electron chi connectivity index (χ4n) is 9.85. The van der Waals surface area contributed by atoms with E-state index in [0.717, 1.165) is 15.9 Å². The molecule has 4 aliphatic rings. The highest BCUT2D eigenvalue weighted by molar-refractivity contribution is 6.99. The van der Waals surface area contributed by atoms with Crippen LogP contribution in [0.2, 0.25) is 5.04 Å². The summed E-state index contributed by atoms with van der Waals surface area (Å²) in [5, 5.41) is 33.2. The van der Waals surface area contributed by atoms with Crippen molar-refractivity contribution in [2.45, 2.75) is 140 Å². The topological polar surface area (TPSA) is 205 Å². The summed E-state index contributed by atoms with van der Waals surface area (Å²) in [7, 11) is -1.69. The predicted molar refractivity (Wildman–Crippen MR) is 241 cm³/mol. The first-order chi connectivity index (χ1) is 30.1. The average Bonchev–Trinajstić information content (AvgIpc) is 3.83. The second-order valence-electron chi connectivity index (χ2n) is 19.9. The summed E-state index contributed by atoms with van der Waals surface area (Å²) in [6.07, 6.45) is -2.86. The monoisotopic (exact) mass is 905 g/mol. The first-order valence-electron chi connectivity index (χ1n) is 22.3. The molecule has 2 bridgehead atoms. The molecule has 0 aromatic heterocycles. The number of carbonyl (C=O) groups excluding carboxylic acids is 5. The smallest absolute Gasteiger partial charge is 0.410 e. The minimum Gasteiger partial charge on any atom is -0.444 e. The van der Waals surface area contributed by atoms with Crippen LogP contribution in [0.25, 0.3) is 0 Å². The quantitative estimate of drug-likeness (QED) is 0.130. The summed E-state index contributed by atoms with van der Waals surface area (Å²) in [5.41, 5.74) is -1.45. The van der Waals surface area contributed by atoms with Gasteiger partial charge in [0.2, 0.25) is 11.8 Å². The molecule has 2 aromatic rings. The molecule has 1 saturated carbocycles. The Morgan fingerprint density at radius 2 is 1.61 bits per heavy atom. The van der Waals surface area contributed by atoms with Crippen molar-refractivity contribution in [2.75, 3.05) is 33.4 Å². The van der Waals surface area contributed by atoms with Gasteiger partial charge in [0.15, 0.2) is 11.7 Å². The van der Waals surface area contributed by atoms with E-state index in [9.17, 15) is 29.4 Å². The van der Waals surface area contributed by atoms with Gasteiger partial charge in [-0.25, -0.2) is 9.59 Å². The Labute approximate surface area is 377 Å². The minimum absolute atomic E-state index is 0.106. The Kier molecular flexibility index (Phi) is 14.7. The lowest BCUT2D eigenvalue weighted by atomic mass is 9.66. The predicted octanol–water partition coefficient (Wildman–Crippen LogP) is 2.73. The molecule has 5 amide bonds. The largest absolute Gasteiger partial charge is 0.444 e. The number of rotatable bonds is 15. The van der Waals surface area contributed by atoms with Crippen molar-refractivity contribution in [2.24, 2.45) is 5.92 Å². The number of benzene rings is 2. The van der Waals surface area contributed by atoms with E-state index in [0.29, 0.717) is 19.5 Å². The summed E-state index contributed by atoms with van der Waals surface area (Å²) >= 11 is 0. The Morgan fingerprint density at radius 3 is 2.17 bits per heavy atom.